The molecule has 10 heteroatoms. The van der Waals surface area contributed by atoms with Crippen molar-refractivity contribution in [3.05, 3.63) is 77.3 Å². The zero-order valence-electron chi connectivity index (χ0n) is 16.1. The molecule has 160 valence electrons. The van der Waals surface area contributed by atoms with E-state index in [1.54, 1.807) is 36.4 Å². The highest BCUT2D eigenvalue weighted by Crippen LogP contribution is 2.32. The van der Waals surface area contributed by atoms with E-state index >= 15 is 0 Å². The molecule has 0 atom stereocenters. The lowest BCUT2D eigenvalue weighted by Crippen LogP contribution is -2.28. The quantitative estimate of drug-likeness (QED) is 0.456. The maximum Gasteiger partial charge on any atom is 0.261 e. The van der Waals surface area contributed by atoms with Crippen molar-refractivity contribution >= 4 is 50.3 Å². The van der Waals surface area contributed by atoms with E-state index in [0.717, 1.165) is 11.3 Å². The summed E-state index contributed by atoms with van der Waals surface area (Å²) in [6.45, 7) is 0.691. The fourth-order valence-corrected chi connectivity index (χ4v) is 4.30. The van der Waals surface area contributed by atoms with Crippen LogP contribution in [-0.4, -0.2) is 20.3 Å². The number of nitrogens with one attached hydrogen (secondary N) is 3. The van der Waals surface area contributed by atoms with Gasteiger partial charge in [0, 0.05) is 22.9 Å². The second-order valence-corrected chi connectivity index (χ2v) is 9.16. The van der Waals surface area contributed by atoms with E-state index < -0.39 is 10.0 Å². The van der Waals surface area contributed by atoms with Crippen LogP contribution in [0.2, 0.25) is 5.02 Å². The van der Waals surface area contributed by atoms with Gasteiger partial charge in [-0.05, 0) is 72.4 Å². The Kier molecular flexibility index (Phi) is 6.17. The van der Waals surface area contributed by atoms with Gasteiger partial charge in [-0.2, -0.15) is 0 Å². The average Bonchev–Trinajstić information content (AvgIpc) is 3.22. The van der Waals surface area contributed by atoms with E-state index in [9.17, 15) is 8.42 Å². The number of benzene rings is 3. The standard InChI is InChI=1S/C21H18ClN3O4S2/c22-15-5-7-16(8-6-15)25-31(26,27)18-3-1-2-17(11-18)24-21(30)23-12-14-4-9-19-20(10-14)29-13-28-19/h1-11,25H,12-13H2,(H2,23,24,30). The van der Waals surface area contributed by atoms with Crippen LogP contribution >= 0.6 is 23.8 Å². The van der Waals surface area contributed by atoms with Crippen LogP contribution in [0, 0.1) is 0 Å². The number of sulfonamides is 1. The fraction of sp³-hybridized carbons (Fsp3) is 0.0952. The third-order valence-electron chi connectivity index (χ3n) is 4.39. The maximum absolute atomic E-state index is 12.7. The first-order valence-corrected chi connectivity index (χ1v) is 11.5. The third kappa shape index (κ3) is 5.38. The summed E-state index contributed by atoms with van der Waals surface area (Å²) in [6, 6.07) is 18.4. The topological polar surface area (TPSA) is 88.7 Å². The Bertz CT molecular complexity index is 1220. The first-order valence-electron chi connectivity index (χ1n) is 9.21. The molecule has 0 aromatic heterocycles. The summed E-state index contributed by atoms with van der Waals surface area (Å²) >= 11 is 11.2. The normalized spacial score (nSPS) is 12.3. The van der Waals surface area contributed by atoms with Crippen LogP contribution in [0.1, 0.15) is 5.56 Å². The van der Waals surface area contributed by atoms with E-state index in [-0.39, 0.29) is 11.7 Å². The van der Waals surface area contributed by atoms with Crippen molar-refractivity contribution < 1.29 is 17.9 Å². The number of halogens is 1. The second kappa shape index (κ2) is 9.01. The van der Waals surface area contributed by atoms with Gasteiger partial charge in [0.1, 0.15) is 0 Å². The third-order valence-corrected chi connectivity index (χ3v) is 6.27. The zero-order valence-corrected chi connectivity index (χ0v) is 18.5. The van der Waals surface area contributed by atoms with E-state index in [0.29, 0.717) is 33.8 Å². The van der Waals surface area contributed by atoms with Crippen molar-refractivity contribution in [2.75, 3.05) is 16.8 Å². The smallest absolute Gasteiger partial charge is 0.261 e. The van der Waals surface area contributed by atoms with Crippen molar-refractivity contribution in [2.24, 2.45) is 0 Å². The van der Waals surface area contributed by atoms with Crippen LogP contribution in [0.25, 0.3) is 0 Å². The lowest BCUT2D eigenvalue weighted by Gasteiger charge is -2.13. The van der Waals surface area contributed by atoms with Gasteiger partial charge in [-0.25, -0.2) is 8.42 Å². The number of rotatable bonds is 6. The summed E-state index contributed by atoms with van der Waals surface area (Å²) in [5.74, 6) is 1.42. The molecule has 1 heterocycles. The monoisotopic (exact) mass is 475 g/mol. The number of hydrogen-bond donors (Lipinski definition) is 3. The van der Waals surface area contributed by atoms with Crippen molar-refractivity contribution in [3.63, 3.8) is 0 Å². The molecule has 3 aromatic carbocycles. The molecular weight excluding hydrogens is 458 g/mol. The highest BCUT2D eigenvalue weighted by atomic mass is 35.5. The maximum atomic E-state index is 12.7. The van der Waals surface area contributed by atoms with E-state index in [4.69, 9.17) is 33.3 Å². The number of ether oxygens (including phenoxy) is 2. The Morgan fingerprint density at radius 2 is 1.74 bits per heavy atom. The Hall–Kier alpha value is -3.01. The minimum absolute atomic E-state index is 0.103. The van der Waals surface area contributed by atoms with Crippen molar-refractivity contribution in [2.45, 2.75) is 11.4 Å². The molecule has 1 aliphatic rings. The molecule has 0 amide bonds. The van der Waals surface area contributed by atoms with E-state index in [2.05, 4.69) is 15.4 Å². The van der Waals surface area contributed by atoms with Crippen LogP contribution in [0.15, 0.2) is 71.6 Å². The molecule has 3 aromatic rings. The van der Waals surface area contributed by atoms with Crippen LogP contribution in [0.4, 0.5) is 11.4 Å². The largest absolute Gasteiger partial charge is 0.454 e. The predicted molar refractivity (Wildman–Crippen MR) is 124 cm³/mol. The summed E-state index contributed by atoms with van der Waals surface area (Å²) in [6.07, 6.45) is 0. The summed E-state index contributed by atoms with van der Waals surface area (Å²) in [4.78, 5) is 0.103. The van der Waals surface area contributed by atoms with Gasteiger partial charge in [0.15, 0.2) is 16.6 Å². The lowest BCUT2D eigenvalue weighted by molar-refractivity contribution is 0.174. The minimum Gasteiger partial charge on any atom is -0.454 e. The number of anilines is 2. The first kappa shape index (κ1) is 21.2. The van der Waals surface area contributed by atoms with E-state index in [1.807, 2.05) is 18.2 Å². The summed E-state index contributed by atoms with van der Waals surface area (Å²) in [5.41, 5.74) is 1.93. The second-order valence-electron chi connectivity index (χ2n) is 6.64. The van der Waals surface area contributed by atoms with E-state index in [1.165, 1.54) is 12.1 Å². The Labute approximate surface area is 190 Å². The first-order chi connectivity index (χ1) is 14.9. The van der Waals surface area contributed by atoms with Gasteiger partial charge >= 0.3 is 0 Å². The van der Waals surface area contributed by atoms with Gasteiger partial charge in [0.05, 0.1) is 4.90 Å². The predicted octanol–water partition coefficient (Wildman–Crippen LogP) is 4.36. The summed E-state index contributed by atoms with van der Waals surface area (Å²) < 4.78 is 38.6. The van der Waals surface area contributed by atoms with Gasteiger partial charge in [0.25, 0.3) is 10.0 Å². The molecular formula is C21H18ClN3O4S2. The zero-order chi connectivity index (χ0) is 21.8. The number of hydrogen-bond acceptors (Lipinski definition) is 5. The van der Waals surface area contributed by atoms with Crippen molar-refractivity contribution in [1.29, 1.82) is 0 Å². The minimum atomic E-state index is -3.77. The van der Waals surface area contributed by atoms with Gasteiger partial charge < -0.3 is 20.1 Å². The van der Waals surface area contributed by atoms with Gasteiger partial charge in [-0.1, -0.05) is 23.7 Å². The molecule has 7 nitrogen and oxygen atoms in total. The molecule has 0 saturated heterocycles. The van der Waals surface area contributed by atoms with Crippen LogP contribution in [0.5, 0.6) is 11.5 Å². The molecule has 0 fully saturated rings. The molecule has 4 rings (SSSR count). The molecule has 0 bridgehead atoms. The van der Waals surface area contributed by atoms with Crippen LogP contribution in [0.3, 0.4) is 0 Å². The molecule has 0 aliphatic carbocycles. The van der Waals surface area contributed by atoms with Crippen molar-refractivity contribution in [1.82, 2.24) is 5.32 Å². The molecule has 3 N–H and O–H groups in total. The SMILES string of the molecule is O=S(=O)(Nc1ccc(Cl)cc1)c1cccc(NC(=S)NCc2ccc3c(c2)OCO3)c1. The van der Waals surface area contributed by atoms with Crippen LogP contribution in [-0.2, 0) is 16.6 Å². The molecule has 0 saturated carbocycles. The van der Waals surface area contributed by atoms with Gasteiger partial charge in [0.2, 0.25) is 6.79 Å². The molecule has 1 aliphatic heterocycles. The Morgan fingerprint density at radius 3 is 2.55 bits per heavy atom. The van der Waals surface area contributed by atoms with Crippen LogP contribution < -0.4 is 24.8 Å². The highest BCUT2D eigenvalue weighted by Gasteiger charge is 2.15. The van der Waals surface area contributed by atoms with Crippen molar-refractivity contribution in [3.8, 4) is 11.5 Å². The summed E-state index contributed by atoms with van der Waals surface area (Å²) in [5, 5.41) is 6.97. The highest BCUT2D eigenvalue weighted by molar-refractivity contribution is 7.92. The Morgan fingerprint density at radius 1 is 0.968 bits per heavy atom. The molecule has 0 spiro atoms. The summed E-state index contributed by atoms with van der Waals surface area (Å²) in [7, 11) is -3.77. The molecule has 0 radical (unpaired) electrons. The van der Waals surface area contributed by atoms with Gasteiger partial charge in [-0.15, -0.1) is 0 Å². The lowest BCUT2D eigenvalue weighted by atomic mass is 10.2. The number of thiocarbonyl (C=S) groups is 1. The van der Waals surface area contributed by atoms with Gasteiger partial charge in [-0.3, -0.25) is 4.72 Å². The molecule has 0 unspecified atom stereocenters. The number of fused-ring (bicyclic) bond motifs is 1. The Balaban J connectivity index is 1.38. The molecule has 31 heavy (non-hydrogen) atoms. The average molecular weight is 476 g/mol. The fourth-order valence-electron chi connectivity index (χ4n) is 2.88.